The molecule has 0 radical (unpaired) electrons. The zero-order valence-corrected chi connectivity index (χ0v) is 30.1. The van der Waals surface area contributed by atoms with Crippen LogP contribution in [0.3, 0.4) is 0 Å². The molecule has 0 amide bonds. The van der Waals surface area contributed by atoms with E-state index in [2.05, 4.69) is 140 Å². The van der Waals surface area contributed by atoms with Crippen LogP contribution in [-0.4, -0.2) is 23.0 Å². The zero-order valence-electron chi connectivity index (χ0n) is 28.9. The minimum absolute atomic E-state index is 0.604. The second kappa shape index (κ2) is 11.8. The fourth-order valence-electron chi connectivity index (χ4n) is 8.23. The van der Waals surface area contributed by atoms with Crippen molar-refractivity contribution in [2.24, 2.45) is 0 Å². The first-order valence-corrected chi connectivity index (χ1v) is 21.4. The fourth-order valence-corrected chi connectivity index (χ4v) is 11.8. The minimum atomic E-state index is -2.37. The van der Waals surface area contributed by atoms with Gasteiger partial charge in [-0.15, -0.1) is 0 Å². The van der Waals surface area contributed by atoms with Gasteiger partial charge < -0.3 is 0 Å². The number of furan rings is 1. The molecule has 5 heteroatoms. The van der Waals surface area contributed by atoms with Crippen LogP contribution in [0.15, 0.2) is 168 Å². The Labute approximate surface area is 303 Å². The Bertz CT molecular complexity index is 2810. The molecule has 2 aromatic heterocycles. The second-order valence-corrected chi connectivity index (χ2v) is 19.3. The van der Waals surface area contributed by atoms with Gasteiger partial charge in [0.15, 0.2) is 0 Å². The molecular weight excluding hydrogens is 651 g/mol. The van der Waals surface area contributed by atoms with Crippen LogP contribution in [0.1, 0.15) is 0 Å². The third kappa shape index (κ3) is 4.78. The summed E-state index contributed by atoms with van der Waals surface area (Å²) in [5, 5.41) is 5.07. The Hall–Kier alpha value is -6.43. The van der Waals surface area contributed by atoms with Crippen molar-refractivity contribution in [2.75, 3.05) is 0 Å². The molecule has 0 spiro atoms. The number of para-hydroxylation sites is 1. The monoisotopic (exact) mass is 684 g/mol. The summed E-state index contributed by atoms with van der Waals surface area (Å²) in [6, 6.07) is 57.5. The number of aromatic nitrogens is 3. The van der Waals surface area contributed by atoms with E-state index in [9.17, 15) is 0 Å². The summed E-state index contributed by atoms with van der Waals surface area (Å²) >= 11 is 0. The quantitative estimate of drug-likeness (QED) is 0.169. The summed E-state index contributed by atoms with van der Waals surface area (Å²) < 4.78 is 6.65. The molecule has 0 aliphatic carbocycles. The van der Waals surface area contributed by atoms with Gasteiger partial charge in [-0.3, -0.25) is 0 Å². The van der Waals surface area contributed by atoms with Gasteiger partial charge in [-0.05, 0) is 0 Å². The number of fused-ring (bicyclic) bond motifs is 6. The van der Waals surface area contributed by atoms with Gasteiger partial charge >= 0.3 is 292 Å². The fraction of sp³-hybridized carbons (Fsp3) is 0.0426. The molecule has 1 aliphatic heterocycles. The maximum absolute atomic E-state index is 6.65. The van der Waals surface area contributed by atoms with E-state index < -0.39 is 8.07 Å². The molecule has 3 heterocycles. The van der Waals surface area contributed by atoms with Gasteiger partial charge in [0.05, 0.1) is 0 Å². The van der Waals surface area contributed by atoms with E-state index in [0.717, 1.165) is 60.9 Å². The first kappa shape index (κ1) is 30.4. The molecule has 248 valence electrons. The summed E-state index contributed by atoms with van der Waals surface area (Å²) in [7, 11) is -2.37. The van der Waals surface area contributed by atoms with Crippen LogP contribution in [0, 0.1) is 0 Å². The normalized spacial score (nSPS) is 13.6. The van der Waals surface area contributed by atoms with Crippen molar-refractivity contribution in [2.45, 2.75) is 13.1 Å². The van der Waals surface area contributed by atoms with Crippen LogP contribution in [0.5, 0.6) is 0 Å². The summed E-state index contributed by atoms with van der Waals surface area (Å²) in [5.74, 6) is 1.89. The van der Waals surface area contributed by atoms with Gasteiger partial charge in [-0.2, -0.15) is 0 Å². The number of benzene rings is 7. The Morgan fingerprint density at radius 2 is 1.00 bits per heavy atom. The predicted molar refractivity (Wildman–Crippen MR) is 218 cm³/mol. The number of nitrogens with zero attached hydrogens (tertiary/aromatic N) is 3. The second-order valence-electron chi connectivity index (χ2n) is 14.3. The molecule has 0 fully saturated rings. The van der Waals surface area contributed by atoms with Crippen molar-refractivity contribution >= 4 is 40.4 Å². The van der Waals surface area contributed by atoms with Crippen molar-refractivity contribution in [1.29, 1.82) is 0 Å². The van der Waals surface area contributed by atoms with E-state index in [0.29, 0.717) is 17.5 Å². The first-order chi connectivity index (χ1) is 25.5. The van der Waals surface area contributed by atoms with Gasteiger partial charge in [-0.25, -0.2) is 0 Å². The van der Waals surface area contributed by atoms with Crippen LogP contribution in [0.2, 0.25) is 13.1 Å². The standard InChI is InChI=1S/C47H34N3OSi/c1-52(2)41-25-15-13-23-34(41)38-28-37(30-16-6-3-7-17-30)39(29-42(38)52)47-49-45(32-20-10-5-11-21-32)48-46(50-47)36-27-26-35-33-22-12-14-24-40(33)51-44(35)43(36)31-18-8-4-9-19-31/h3-29,52H,1-2H3/q-1. The van der Waals surface area contributed by atoms with E-state index >= 15 is 0 Å². The summed E-state index contributed by atoms with van der Waals surface area (Å²) in [6.07, 6.45) is 0. The van der Waals surface area contributed by atoms with Crippen LogP contribution in [0.4, 0.5) is 0 Å². The maximum atomic E-state index is 6.65. The molecule has 4 nitrogen and oxygen atoms in total. The average molecular weight is 685 g/mol. The molecule has 0 saturated carbocycles. The predicted octanol–water partition coefficient (Wildman–Crippen LogP) is 10.6. The molecule has 7 aromatic carbocycles. The molecule has 10 rings (SSSR count). The molecule has 1 aliphatic rings. The van der Waals surface area contributed by atoms with Crippen molar-refractivity contribution in [1.82, 2.24) is 15.0 Å². The summed E-state index contributed by atoms with van der Waals surface area (Å²) in [4.78, 5) is 15.9. The summed E-state index contributed by atoms with van der Waals surface area (Å²) in [6.45, 7) is 4.96. The molecule has 0 unspecified atom stereocenters. The molecular formula is C47H34N3OSi-. The average Bonchev–Trinajstić information content (AvgIpc) is 3.69. The first-order valence-electron chi connectivity index (χ1n) is 17.9. The van der Waals surface area contributed by atoms with E-state index in [-0.39, 0.29) is 0 Å². The molecule has 52 heavy (non-hydrogen) atoms. The van der Waals surface area contributed by atoms with Crippen LogP contribution >= 0.6 is 0 Å². The van der Waals surface area contributed by atoms with Crippen molar-refractivity contribution < 1.29 is 4.42 Å². The summed E-state index contributed by atoms with van der Waals surface area (Å²) in [5.41, 5.74) is 11.4. The van der Waals surface area contributed by atoms with E-state index in [1.165, 1.54) is 21.5 Å². The molecule has 0 bridgehead atoms. The van der Waals surface area contributed by atoms with E-state index in [1.54, 1.807) is 0 Å². The zero-order chi connectivity index (χ0) is 34.8. The number of hydrogen-bond donors (Lipinski definition) is 0. The van der Waals surface area contributed by atoms with Gasteiger partial charge in [0, 0.05) is 0 Å². The molecule has 0 N–H and O–H groups in total. The Morgan fingerprint density at radius 3 is 1.75 bits per heavy atom. The Kier molecular flexibility index (Phi) is 6.91. The Morgan fingerprint density at radius 1 is 0.404 bits per heavy atom. The number of rotatable bonds is 5. The van der Waals surface area contributed by atoms with E-state index in [4.69, 9.17) is 19.4 Å². The van der Waals surface area contributed by atoms with Gasteiger partial charge in [-0.1, -0.05) is 12.1 Å². The molecule has 9 aromatic rings. The SMILES string of the molecule is C[SiH-]1(C)c2ccccc2-c2cc(-c3ccccc3)c(-c3nc(-c4ccccc4)nc(-c4ccc5c(oc6ccccc65)c4-c4ccccc4)n3)cc21. The van der Waals surface area contributed by atoms with E-state index in [1.807, 2.05) is 36.4 Å². The Balaban J connectivity index is 1.28. The van der Waals surface area contributed by atoms with Gasteiger partial charge in [0.2, 0.25) is 0 Å². The third-order valence-electron chi connectivity index (χ3n) is 10.8. The molecule has 0 saturated heterocycles. The third-order valence-corrected chi connectivity index (χ3v) is 14.9. The van der Waals surface area contributed by atoms with Gasteiger partial charge in [0.1, 0.15) is 0 Å². The van der Waals surface area contributed by atoms with Gasteiger partial charge in [0.25, 0.3) is 0 Å². The molecule has 0 atom stereocenters. The van der Waals surface area contributed by atoms with Crippen molar-refractivity contribution in [3.8, 4) is 67.5 Å². The van der Waals surface area contributed by atoms with Crippen LogP contribution in [-0.2, 0) is 0 Å². The number of hydrogen-bond acceptors (Lipinski definition) is 4. The van der Waals surface area contributed by atoms with Crippen molar-refractivity contribution in [3.63, 3.8) is 0 Å². The van der Waals surface area contributed by atoms with Crippen LogP contribution in [0.25, 0.3) is 89.5 Å². The van der Waals surface area contributed by atoms with Crippen molar-refractivity contribution in [3.05, 3.63) is 164 Å². The van der Waals surface area contributed by atoms with Crippen LogP contribution < -0.4 is 10.4 Å². The topological polar surface area (TPSA) is 51.8 Å².